The highest BCUT2D eigenvalue weighted by Crippen LogP contribution is 2.49. The number of carbonyl (C=O) groups excluding carboxylic acids is 1. The average molecular weight is 531 g/mol. The molecule has 0 radical (unpaired) electrons. The Balaban J connectivity index is 1.19. The number of benzene rings is 1. The zero-order chi connectivity index (χ0) is 26.9. The van der Waals surface area contributed by atoms with Gasteiger partial charge in [0.05, 0.1) is 5.92 Å². The zero-order valence-corrected chi connectivity index (χ0v) is 23.4. The van der Waals surface area contributed by atoms with Crippen molar-refractivity contribution in [2.75, 3.05) is 6.61 Å². The molecule has 1 aromatic rings. The minimum Gasteiger partial charge on any atom is -0.483 e. The third-order valence-electron chi connectivity index (χ3n) is 9.79. The van der Waals surface area contributed by atoms with Crippen molar-refractivity contribution >= 4 is 5.97 Å². The Kier molecular flexibility index (Phi) is 11.1. The van der Waals surface area contributed by atoms with Crippen molar-refractivity contribution in [2.24, 2.45) is 35.5 Å². The van der Waals surface area contributed by atoms with Crippen molar-refractivity contribution in [3.05, 3.63) is 36.4 Å². The van der Waals surface area contributed by atoms with Crippen molar-refractivity contribution in [3.8, 4) is 11.5 Å². The van der Waals surface area contributed by atoms with Crippen LogP contribution in [0.25, 0.3) is 0 Å². The molecule has 4 unspecified atom stereocenters. The smallest absolute Gasteiger partial charge is 0.314 e. The van der Waals surface area contributed by atoms with E-state index in [-0.39, 0.29) is 24.2 Å². The molecule has 4 rings (SSSR count). The van der Waals surface area contributed by atoms with Gasteiger partial charge in [-0.2, -0.15) is 0 Å². The first-order chi connectivity index (χ1) is 18.5. The van der Waals surface area contributed by atoms with Crippen molar-refractivity contribution in [1.29, 1.82) is 0 Å². The number of fused-ring (bicyclic) bond motifs is 1. The van der Waals surface area contributed by atoms with E-state index in [9.17, 15) is 13.6 Å². The van der Waals surface area contributed by atoms with E-state index in [1.54, 1.807) is 0 Å². The fraction of sp³-hybridized carbons (Fsp3) is 0.727. The Hall–Kier alpha value is -1.91. The number of halogens is 2. The molecule has 3 fully saturated rings. The Morgan fingerprint density at radius 1 is 0.868 bits per heavy atom. The maximum Gasteiger partial charge on any atom is 0.314 e. The molecule has 0 aromatic heterocycles. The molecule has 0 bridgehead atoms. The summed E-state index contributed by atoms with van der Waals surface area (Å²) in [6.07, 6.45) is 22.0. The van der Waals surface area contributed by atoms with Crippen LogP contribution >= 0.6 is 0 Å². The number of rotatable bonds is 12. The van der Waals surface area contributed by atoms with E-state index in [1.165, 1.54) is 83.1 Å². The molecule has 38 heavy (non-hydrogen) atoms. The SMILES string of the molecule is C=CCOc1c(F)cc(OC(=O)C2CCC(C3CCC4CC(CCCCCCC)CCC4C3)CC2)cc1F. The summed E-state index contributed by atoms with van der Waals surface area (Å²) in [5.41, 5.74) is 0. The monoisotopic (exact) mass is 530 g/mol. The summed E-state index contributed by atoms with van der Waals surface area (Å²) in [6.45, 7) is 5.76. The van der Waals surface area contributed by atoms with Gasteiger partial charge in [0.2, 0.25) is 0 Å². The maximum atomic E-state index is 14.2. The number of hydrogen-bond donors (Lipinski definition) is 0. The standard InChI is InChI=1S/C33H48F2O3/c1-3-5-6-7-8-9-23-10-11-28-20-27(17-16-26(28)19-23)24-12-14-25(15-13-24)33(36)38-29-21-30(34)32(31(35)22-29)37-18-4-2/h4,21-28H,2-3,5-20H2,1H3. The molecular weight excluding hydrogens is 482 g/mol. The molecule has 3 nitrogen and oxygen atoms in total. The molecule has 3 aliphatic rings. The molecule has 4 atom stereocenters. The summed E-state index contributed by atoms with van der Waals surface area (Å²) in [6, 6.07) is 2.04. The van der Waals surface area contributed by atoms with Crippen LogP contribution < -0.4 is 9.47 Å². The molecule has 1 aromatic carbocycles. The van der Waals surface area contributed by atoms with Crippen LogP contribution in [0.4, 0.5) is 8.78 Å². The fourth-order valence-electron chi connectivity index (χ4n) is 7.65. The quantitative estimate of drug-likeness (QED) is 0.117. The molecule has 0 spiro atoms. The van der Waals surface area contributed by atoms with Gasteiger partial charge in [-0.25, -0.2) is 8.78 Å². The lowest BCUT2D eigenvalue weighted by Gasteiger charge is -2.45. The normalized spacial score (nSPS) is 29.3. The van der Waals surface area contributed by atoms with Crippen LogP contribution in [0.5, 0.6) is 11.5 Å². The van der Waals surface area contributed by atoms with E-state index in [1.807, 2.05) is 0 Å². The molecule has 3 aliphatic carbocycles. The van der Waals surface area contributed by atoms with E-state index in [0.29, 0.717) is 5.92 Å². The van der Waals surface area contributed by atoms with Gasteiger partial charge in [-0.15, -0.1) is 0 Å². The maximum absolute atomic E-state index is 14.2. The van der Waals surface area contributed by atoms with Crippen LogP contribution in [0.2, 0.25) is 0 Å². The second-order valence-corrected chi connectivity index (χ2v) is 12.3. The van der Waals surface area contributed by atoms with E-state index < -0.39 is 17.4 Å². The van der Waals surface area contributed by atoms with E-state index in [0.717, 1.165) is 61.5 Å². The molecule has 0 amide bonds. The predicted octanol–water partition coefficient (Wildman–Crippen LogP) is 9.43. The van der Waals surface area contributed by atoms with Crippen LogP contribution in [0.3, 0.4) is 0 Å². The van der Waals surface area contributed by atoms with Gasteiger partial charge in [-0.1, -0.05) is 64.5 Å². The summed E-state index contributed by atoms with van der Waals surface area (Å²) >= 11 is 0. The second kappa shape index (κ2) is 14.5. The molecule has 0 aliphatic heterocycles. The predicted molar refractivity (Wildman–Crippen MR) is 148 cm³/mol. The van der Waals surface area contributed by atoms with Gasteiger partial charge in [-0.05, 0) is 87.4 Å². The highest BCUT2D eigenvalue weighted by Gasteiger charge is 2.39. The fourth-order valence-corrected chi connectivity index (χ4v) is 7.65. The lowest BCUT2D eigenvalue weighted by Crippen LogP contribution is -2.35. The van der Waals surface area contributed by atoms with Crippen molar-refractivity contribution < 1.29 is 23.0 Å². The lowest BCUT2D eigenvalue weighted by molar-refractivity contribution is -0.140. The van der Waals surface area contributed by atoms with E-state index in [4.69, 9.17) is 9.47 Å². The van der Waals surface area contributed by atoms with Crippen molar-refractivity contribution in [1.82, 2.24) is 0 Å². The summed E-state index contributed by atoms with van der Waals surface area (Å²) < 4.78 is 38.9. The molecule has 0 N–H and O–H groups in total. The Labute approximate surface area is 228 Å². The second-order valence-electron chi connectivity index (χ2n) is 12.3. The summed E-state index contributed by atoms with van der Waals surface area (Å²) in [5.74, 6) is 1.41. The minimum atomic E-state index is -0.880. The van der Waals surface area contributed by atoms with Gasteiger partial charge in [-0.3, -0.25) is 4.79 Å². The third-order valence-corrected chi connectivity index (χ3v) is 9.79. The van der Waals surface area contributed by atoms with Crippen LogP contribution in [0.1, 0.15) is 110 Å². The van der Waals surface area contributed by atoms with Crippen LogP contribution in [-0.4, -0.2) is 12.6 Å². The van der Waals surface area contributed by atoms with E-state index in [2.05, 4.69) is 13.5 Å². The van der Waals surface area contributed by atoms with Gasteiger partial charge < -0.3 is 9.47 Å². The summed E-state index contributed by atoms with van der Waals surface area (Å²) in [5, 5.41) is 0. The third kappa shape index (κ3) is 7.82. The first kappa shape index (κ1) is 29.1. The van der Waals surface area contributed by atoms with Gasteiger partial charge in [0.1, 0.15) is 12.4 Å². The molecule has 212 valence electrons. The molecule has 0 heterocycles. The molecule has 0 saturated heterocycles. The van der Waals surface area contributed by atoms with E-state index >= 15 is 0 Å². The van der Waals surface area contributed by atoms with Crippen molar-refractivity contribution in [3.63, 3.8) is 0 Å². The Morgan fingerprint density at radius 3 is 2.16 bits per heavy atom. The number of hydrogen-bond acceptors (Lipinski definition) is 3. The average Bonchev–Trinajstić information content (AvgIpc) is 2.92. The highest BCUT2D eigenvalue weighted by molar-refractivity contribution is 5.75. The first-order valence-electron chi connectivity index (χ1n) is 15.4. The number of ether oxygens (including phenoxy) is 2. The molecule has 3 saturated carbocycles. The summed E-state index contributed by atoms with van der Waals surface area (Å²) in [4.78, 5) is 12.8. The molecule has 5 heteroatoms. The minimum absolute atomic E-state index is 0.00166. The van der Waals surface area contributed by atoms with Gasteiger partial charge in [0, 0.05) is 12.1 Å². The number of carbonyl (C=O) groups is 1. The Bertz CT molecular complexity index is 884. The molecular formula is C33H48F2O3. The largest absolute Gasteiger partial charge is 0.483 e. The highest BCUT2D eigenvalue weighted by atomic mass is 19.1. The lowest BCUT2D eigenvalue weighted by atomic mass is 9.60. The van der Waals surface area contributed by atoms with Crippen LogP contribution in [0.15, 0.2) is 24.8 Å². The van der Waals surface area contributed by atoms with Crippen LogP contribution in [-0.2, 0) is 4.79 Å². The van der Waals surface area contributed by atoms with Gasteiger partial charge in [0.25, 0.3) is 0 Å². The first-order valence-corrected chi connectivity index (χ1v) is 15.4. The number of unbranched alkanes of at least 4 members (excludes halogenated alkanes) is 4. The zero-order valence-electron chi connectivity index (χ0n) is 23.4. The Morgan fingerprint density at radius 2 is 1.47 bits per heavy atom. The van der Waals surface area contributed by atoms with Gasteiger partial charge >= 0.3 is 5.97 Å². The van der Waals surface area contributed by atoms with Crippen LogP contribution in [0, 0.1) is 47.1 Å². The number of esters is 1. The topological polar surface area (TPSA) is 35.5 Å². The summed E-state index contributed by atoms with van der Waals surface area (Å²) in [7, 11) is 0. The van der Waals surface area contributed by atoms with Gasteiger partial charge in [0.15, 0.2) is 17.4 Å². The van der Waals surface area contributed by atoms with Crippen molar-refractivity contribution in [2.45, 2.75) is 110 Å².